The largest absolute Gasteiger partial charge is 0.457 e. The standard InChI is InChI=1S/C58H62N4O/c1-55(2,3)39-20-17-19-38(29-39)48-36-59-54(35-49(48)58(10,11)12)62-50-24-14-13-23-46(50)47-28-27-45(34-53(47)62)63-44-22-18-21-42(33-44)60-37-61(52-26-16-15-25-51(52)60)43-31-40(56(4,5)6)30-41(32-43)57(7,8)9/h13-36H,37H2,1-12H3/i17D,19D,20D,29D. The number of pyridine rings is 1. The Morgan fingerprint density at radius 3 is 1.83 bits per heavy atom. The summed E-state index contributed by atoms with van der Waals surface area (Å²) in [6, 6.07) is 40.4. The van der Waals surface area contributed by atoms with Gasteiger partial charge >= 0.3 is 0 Å². The molecule has 5 nitrogen and oxygen atoms in total. The average molecular weight is 835 g/mol. The third kappa shape index (κ3) is 7.99. The van der Waals surface area contributed by atoms with E-state index in [0.717, 1.165) is 50.2 Å². The number of benzene rings is 6. The molecule has 0 aliphatic carbocycles. The van der Waals surface area contributed by atoms with Crippen molar-refractivity contribution in [3.05, 3.63) is 168 Å². The third-order valence-corrected chi connectivity index (χ3v) is 12.3. The van der Waals surface area contributed by atoms with Crippen LogP contribution in [0.3, 0.4) is 0 Å². The quantitative estimate of drug-likeness (QED) is 0.167. The van der Waals surface area contributed by atoms with Gasteiger partial charge in [-0.3, -0.25) is 4.57 Å². The fraction of sp³-hybridized carbons (Fsp3) is 0.293. The summed E-state index contributed by atoms with van der Waals surface area (Å²) in [4.78, 5) is 9.86. The number of nitrogens with zero attached hydrogens (tertiary/aromatic N) is 4. The number of rotatable bonds is 6. The van der Waals surface area contributed by atoms with Crippen LogP contribution in [0.4, 0.5) is 22.7 Å². The van der Waals surface area contributed by atoms with E-state index in [1.165, 1.54) is 16.8 Å². The van der Waals surface area contributed by atoms with E-state index < -0.39 is 10.8 Å². The zero-order valence-electron chi connectivity index (χ0n) is 43.0. The van der Waals surface area contributed by atoms with Gasteiger partial charge in [0.05, 0.1) is 27.9 Å². The molecule has 0 radical (unpaired) electrons. The lowest BCUT2D eigenvalue weighted by atomic mass is 9.80. The van der Waals surface area contributed by atoms with Crippen LogP contribution in [-0.2, 0) is 21.7 Å². The molecule has 1 aliphatic heterocycles. The maximum Gasteiger partial charge on any atom is 0.137 e. The molecule has 0 N–H and O–H groups in total. The molecular weight excluding hydrogens is 769 g/mol. The summed E-state index contributed by atoms with van der Waals surface area (Å²) >= 11 is 0. The Morgan fingerprint density at radius 1 is 0.540 bits per heavy atom. The van der Waals surface area contributed by atoms with E-state index >= 15 is 0 Å². The first-order valence-corrected chi connectivity index (χ1v) is 22.1. The van der Waals surface area contributed by atoms with Gasteiger partial charge in [-0.15, -0.1) is 0 Å². The van der Waals surface area contributed by atoms with Crippen LogP contribution in [0.25, 0.3) is 38.8 Å². The van der Waals surface area contributed by atoms with Crippen LogP contribution in [0.15, 0.2) is 146 Å². The van der Waals surface area contributed by atoms with Crippen molar-refractivity contribution in [2.75, 3.05) is 16.5 Å². The average Bonchev–Trinajstić information content (AvgIpc) is 3.80. The number of hydrogen-bond donors (Lipinski definition) is 0. The van der Waals surface area contributed by atoms with Crippen LogP contribution in [0.1, 0.15) is 111 Å². The van der Waals surface area contributed by atoms with Crippen LogP contribution in [0.5, 0.6) is 11.5 Å². The second-order valence-corrected chi connectivity index (χ2v) is 21.2. The molecule has 320 valence electrons. The highest BCUT2D eigenvalue weighted by Crippen LogP contribution is 2.47. The summed E-state index contributed by atoms with van der Waals surface area (Å²) in [6.45, 7) is 26.5. The summed E-state index contributed by atoms with van der Waals surface area (Å²) in [6.07, 6.45) is 1.76. The third-order valence-electron chi connectivity index (χ3n) is 12.3. The van der Waals surface area contributed by atoms with Gasteiger partial charge in [0.15, 0.2) is 0 Å². The number of hydrogen-bond acceptors (Lipinski definition) is 4. The second kappa shape index (κ2) is 15.2. The van der Waals surface area contributed by atoms with Crippen LogP contribution in [0, 0.1) is 0 Å². The molecule has 1 aliphatic rings. The molecule has 2 aromatic heterocycles. The molecule has 0 saturated heterocycles. The fourth-order valence-corrected chi connectivity index (χ4v) is 8.64. The monoisotopic (exact) mass is 835 g/mol. The molecule has 9 rings (SSSR count). The van der Waals surface area contributed by atoms with Crippen LogP contribution >= 0.6 is 0 Å². The molecule has 3 heterocycles. The lowest BCUT2D eigenvalue weighted by Gasteiger charge is -2.29. The zero-order chi connectivity index (χ0) is 48.1. The summed E-state index contributed by atoms with van der Waals surface area (Å²) < 4.78 is 44.9. The first kappa shape index (κ1) is 37.2. The number of ether oxygens (including phenoxy) is 1. The van der Waals surface area contributed by atoms with E-state index in [9.17, 15) is 1.37 Å². The molecule has 0 atom stereocenters. The minimum Gasteiger partial charge on any atom is -0.457 e. The molecule has 0 unspecified atom stereocenters. The van der Waals surface area contributed by atoms with Gasteiger partial charge in [-0.25, -0.2) is 4.98 Å². The summed E-state index contributed by atoms with van der Waals surface area (Å²) in [7, 11) is 0. The molecular formula is C58H62N4O. The molecule has 0 spiro atoms. The molecule has 5 heteroatoms. The SMILES string of the molecule is [2H]c1c([2H])c(-c2cnc(-n3c4ccccc4c4ccc(Oc5cccc(N6CN(c7cc(C(C)(C)C)cc(C(C)(C)C)c7)c7ccccc76)c5)cc43)cc2C(C)(C)C)c([2H])c(C(C)(C)C)c1[2H]. The molecule has 0 bridgehead atoms. The van der Waals surface area contributed by atoms with Crippen molar-refractivity contribution >= 4 is 44.6 Å². The lowest BCUT2D eigenvalue weighted by Crippen LogP contribution is -2.25. The van der Waals surface area contributed by atoms with E-state index in [4.69, 9.17) is 13.8 Å². The number of anilines is 4. The Morgan fingerprint density at radius 2 is 1.16 bits per heavy atom. The maximum absolute atomic E-state index is 9.36. The van der Waals surface area contributed by atoms with E-state index in [2.05, 4.69) is 168 Å². The molecule has 8 aromatic rings. The van der Waals surface area contributed by atoms with Gasteiger partial charge < -0.3 is 14.5 Å². The highest BCUT2D eigenvalue weighted by molar-refractivity contribution is 6.09. The van der Waals surface area contributed by atoms with E-state index in [-0.39, 0.29) is 35.0 Å². The van der Waals surface area contributed by atoms with E-state index in [0.29, 0.717) is 34.9 Å². The molecule has 0 saturated carbocycles. The van der Waals surface area contributed by atoms with Crippen molar-refractivity contribution in [3.8, 4) is 28.4 Å². The Kier molecular flexibility index (Phi) is 8.98. The number of aromatic nitrogens is 2. The predicted octanol–water partition coefficient (Wildman–Crippen LogP) is 16.1. The Labute approximate surface area is 380 Å². The van der Waals surface area contributed by atoms with Gasteiger partial charge in [0.1, 0.15) is 24.0 Å². The van der Waals surface area contributed by atoms with Crippen LogP contribution < -0.4 is 14.5 Å². The normalized spacial score (nSPS) is 14.5. The Balaban J connectivity index is 1.11. The van der Waals surface area contributed by atoms with Crippen molar-refractivity contribution in [2.45, 2.75) is 105 Å². The number of para-hydroxylation sites is 3. The smallest absolute Gasteiger partial charge is 0.137 e. The molecule has 0 fully saturated rings. The Bertz CT molecular complexity index is 3220. The fourth-order valence-electron chi connectivity index (χ4n) is 8.64. The number of fused-ring (bicyclic) bond motifs is 4. The van der Waals surface area contributed by atoms with Gasteiger partial charge in [-0.2, -0.15) is 0 Å². The first-order chi connectivity index (χ1) is 31.4. The van der Waals surface area contributed by atoms with Crippen molar-refractivity contribution < 1.29 is 10.2 Å². The van der Waals surface area contributed by atoms with Gasteiger partial charge in [-0.1, -0.05) is 150 Å². The molecule has 6 aromatic carbocycles. The molecule has 0 amide bonds. The second-order valence-electron chi connectivity index (χ2n) is 21.2. The Hall–Kier alpha value is -6.33. The zero-order valence-corrected chi connectivity index (χ0v) is 39.0. The minimum absolute atomic E-state index is 0.00482. The van der Waals surface area contributed by atoms with Gasteiger partial charge in [-0.05, 0) is 110 Å². The van der Waals surface area contributed by atoms with Crippen molar-refractivity contribution in [1.82, 2.24) is 9.55 Å². The summed E-state index contributed by atoms with van der Waals surface area (Å²) in [5.41, 5.74) is 10.4. The van der Waals surface area contributed by atoms with E-state index in [1.54, 1.807) is 6.20 Å². The maximum atomic E-state index is 9.36. The minimum atomic E-state index is -0.567. The van der Waals surface area contributed by atoms with Crippen LogP contribution in [0.2, 0.25) is 0 Å². The van der Waals surface area contributed by atoms with Crippen LogP contribution in [-0.4, -0.2) is 16.2 Å². The highest BCUT2D eigenvalue weighted by Gasteiger charge is 2.31. The lowest BCUT2D eigenvalue weighted by molar-refractivity contribution is 0.483. The van der Waals surface area contributed by atoms with Gasteiger partial charge in [0, 0.05) is 46.0 Å². The van der Waals surface area contributed by atoms with Crippen molar-refractivity contribution in [3.63, 3.8) is 0 Å². The van der Waals surface area contributed by atoms with Crippen molar-refractivity contribution in [2.24, 2.45) is 0 Å². The topological polar surface area (TPSA) is 33.5 Å². The van der Waals surface area contributed by atoms with Gasteiger partial charge in [0.25, 0.3) is 0 Å². The van der Waals surface area contributed by atoms with E-state index in [1.807, 2.05) is 45.0 Å². The first-order valence-electron chi connectivity index (χ1n) is 24.1. The highest BCUT2D eigenvalue weighted by atomic mass is 16.5. The summed E-state index contributed by atoms with van der Waals surface area (Å²) in [5.74, 6) is 2.10. The summed E-state index contributed by atoms with van der Waals surface area (Å²) in [5, 5.41) is 2.14. The molecule has 63 heavy (non-hydrogen) atoms. The van der Waals surface area contributed by atoms with Gasteiger partial charge in [0.2, 0.25) is 0 Å². The van der Waals surface area contributed by atoms with Crippen molar-refractivity contribution in [1.29, 1.82) is 0 Å². The predicted molar refractivity (Wildman–Crippen MR) is 267 cm³/mol.